The molecular weight excluding hydrogens is 240 g/mol. The number of nitrogens with zero attached hydrogens (tertiary/aromatic N) is 2. The molecule has 0 saturated heterocycles. The van der Waals surface area contributed by atoms with Crippen molar-refractivity contribution >= 4 is 18.6 Å². The maximum atomic E-state index is 10.5. The first-order valence-corrected chi connectivity index (χ1v) is 5.72. The van der Waals surface area contributed by atoms with Crippen LogP contribution in [0.3, 0.4) is 0 Å². The van der Waals surface area contributed by atoms with Crippen LogP contribution in [0.15, 0.2) is 24.0 Å². The Hall–Kier alpha value is -1.34. The first kappa shape index (κ1) is 15.7. The van der Waals surface area contributed by atoms with Gasteiger partial charge in [-0.15, -0.1) is 5.10 Å². The fraction of sp³-hybridized carbons (Fsp3) is 0.500. The lowest BCUT2D eigenvalue weighted by molar-refractivity contribution is -0.138. The van der Waals surface area contributed by atoms with E-state index in [2.05, 4.69) is 33.4 Å². The van der Waals surface area contributed by atoms with Crippen molar-refractivity contribution in [1.29, 1.82) is 0 Å². The van der Waals surface area contributed by atoms with Gasteiger partial charge in [0.25, 0.3) is 0 Å². The lowest BCUT2D eigenvalue weighted by Crippen LogP contribution is -2.38. The second kappa shape index (κ2) is 9.86. The van der Waals surface area contributed by atoms with Crippen LogP contribution in [0.25, 0.3) is 0 Å². The Balaban J connectivity index is 0.000000419. The minimum absolute atomic E-state index is 0.311. The first-order valence-electron chi connectivity index (χ1n) is 5.08. The number of aromatic amines is 1. The molecule has 1 aromatic rings. The predicted molar refractivity (Wildman–Crippen MR) is 69.1 cm³/mol. The second-order valence-electron chi connectivity index (χ2n) is 3.42. The van der Waals surface area contributed by atoms with Gasteiger partial charge in [0.2, 0.25) is 0 Å². The topological polar surface area (TPSA) is 90.9 Å². The van der Waals surface area contributed by atoms with Crippen molar-refractivity contribution in [3.05, 3.63) is 24.0 Å². The quantitative estimate of drug-likeness (QED) is 0.462. The summed E-state index contributed by atoms with van der Waals surface area (Å²) in [5.74, 6) is -0.543. The Kier molecular flexibility index (Phi) is 9.08. The molecule has 0 aromatic carbocycles. The van der Waals surface area contributed by atoms with Crippen molar-refractivity contribution in [1.82, 2.24) is 20.7 Å². The fourth-order valence-electron chi connectivity index (χ4n) is 0.802. The lowest BCUT2D eigenvalue weighted by atomic mass is 10.3. The Morgan fingerprint density at radius 3 is 2.65 bits per heavy atom. The van der Waals surface area contributed by atoms with E-state index in [1.165, 1.54) is 5.57 Å². The van der Waals surface area contributed by atoms with Gasteiger partial charge in [-0.2, -0.15) is 12.6 Å². The first-order chi connectivity index (χ1) is 8.07. The number of aromatic nitrogens is 3. The summed E-state index contributed by atoms with van der Waals surface area (Å²) in [7, 11) is 0. The minimum atomic E-state index is -0.854. The molecule has 3 N–H and O–H groups in total. The molecule has 0 fully saturated rings. The van der Waals surface area contributed by atoms with Gasteiger partial charge in [-0.3, -0.25) is 9.89 Å². The minimum Gasteiger partial charge on any atom is -0.480 e. The highest BCUT2D eigenvalue weighted by atomic mass is 32.1. The lowest BCUT2D eigenvalue weighted by Gasteiger charge is -2.09. The smallest absolute Gasteiger partial charge is 0.321 e. The van der Waals surface area contributed by atoms with Crippen molar-refractivity contribution in [3.63, 3.8) is 0 Å². The molecule has 1 atom stereocenters. The summed E-state index contributed by atoms with van der Waals surface area (Å²) in [5.41, 5.74) is 1.17. The van der Waals surface area contributed by atoms with E-state index in [-0.39, 0.29) is 0 Å². The Labute approximate surface area is 106 Å². The molecule has 17 heavy (non-hydrogen) atoms. The van der Waals surface area contributed by atoms with E-state index < -0.39 is 12.0 Å². The normalized spacial score (nSPS) is 11.0. The van der Waals surface area contributed by atoms with Gasteiger partial charge in [-0.25, -0.2) is 0 Å². The largest absolute Gasteiger partial charge is 0.480 e. The van der Waals surface area contributed by atoms with Crippen LogP contribution in [-0.2, 0) is 4.79 Å². The number of carboxylic acid groups (broad SMARTS) is 1. The van der Waals surface area contributed by atoms with Gasteiger partial charge in [0, 0.05) is 18.5 Å². The molecular formula is C10H18N4O2S. The van der Waals surface area contributed by atoms with E-state index in [0.717, 1.165) is 0 Å². The van der Waals surface area contributed by atoms with Crippen LogP contribution < -0.4 is 5.32 Å². The number of H-pyrrole nitrogens is 1. The number of rotatable bonds is 5. The molecule has 7 heteroatoms. The fourth-order valence-corrected chi connectivity index (χ4v) is 1.09. The van der Waals surface area contributed by atoms with Crippen LogP contribution in [0.5, 0.6) is 0 Å². The summed E-state index contributed by atoms with van der Waals surface area (Å²) in [6, 6.07) is -0.552. The van der Waals surface area contributed by atoms with Crippen molar-refractivity contribution in [2.45, 2.75) is 19.9 Å². The van der Waals surface area contributed by atoms with Gasteiger partial charge in [0.15, 0.2) is 0 Å². The summed E-state index contributed by atoms with van der Waals surface area (Å²) < 4.78 is 0. The van der Waals surface area contributed by atoms with Gasteiger partial charge in [-0.05, 0) is 13.8 Å². The van der Waals surface area contributed by atoms with Gasteiger partial charge in [0.1, 0.15) is 6.04 Å². The molecule has 0 amide bonds. The maximum Gasteiger partial charge on any atom is 0.321 e. The molecule has 0 aliphatic carbocycles. The highest BCUT2D eigenvalue weighted by Crippen LogP contribution is 1.90. The molecule has 0 spiro atoms. The monoisotopic (exact) mass is 258 g/mol. The van der Waals surface area contributed by atoms with E-state index >= 15 is 0 Å². The summed E-state index contributed by atoms with van der Waals surface area (Å²) in [5, 5.41) is 20.7. The Morgan fingerprint density at radius 2 is 2.35 bits per heavy atom. The van der Waals surface area contributed by atoms with Gasteiger partial charge in [-0.1, -0.05) is 16.9 Å². The second-order valence-corrected chi connectivity index (χ2v) is 3.79. The molecule has 1 rings (SSSR count). The highest BCUT2D eigenvalue weighted by Gasteiger charge is 2.12. The standard InChI is InChI=1S/C8H15NO2S.C2H3N3/c1-6(2)3-4-9-7(5-12)8(10)11;1-2-4-5-3-1/h3,7,9,12H,4-5H2,1-2H3,(H,10,11);1-2H,(H,3,4,5)/t7-;/m0./s1. The van der Waals surface area contributed by atoms with Crippen molar-refractivity contribution in [2.75, 3.05) is 12.3 Å². The summed E-state index contributed by atoms with van der Waals surface area (Å²) in [4.78, 5) is 10.5. The predicted octanol–water partition coefficient (Wildman–Crippen LogP) is 0.730. The molecule has 1 heterocycles. The van der Waals surface area contributed by atoms with E-state index in [4.69, 9.17) is 5.11 Å². The third kappa shape index (κ3) is 9.58. The molecule has 0 saturated carbocycles. The number of nitrogens with one attached hydrogen (secondary N) is 2. The van der Waals surface area contributed by atoms with Crippen molar-refractivity contribution < 1.29 is 9.90 Å². The maximum absolute atomic E-state index is 10.5. The van der Waals surface area contributed by atoms with Gasteiger partial charge in [0.05, 0.1) is 6.20 Å². The molecule has 0 aliphatic heterocycles. The number of carbonyl (C=O) groups is 1. The summed E-state index contributed by atoms with van der Waals surface area (Å²) >= 11 is 3.92. The average Bonchev–Trinajstić information content (AvgIpc) is 2.81. The van der Waals surface area contributed by atoms with E-state index in [0.29, 0.717) is 12.3 Å². The molecule has 0 aliphatic rings. The number of hydrogen-bond acceptors (Lipinski definition) is 5. The van der Waals surface area contributed by atoms with Crippen molar-refractivity contribution in [3.8, 4) is 0 Å². The number of thiol groups is 1. The third-order valence-corrected chi connectivity index (χ3v) is 2.05. The Morgan fingerprint density at radius 1 is 1.65 bits per heavy atom. The highest BCUT2D eigenvalue weighted by molar-refractivity contribution is 7.80. The van der Waals surface area contributed by atoms with Crippen molar-refractivity contribution in [2.24, 2.45) is 0 Å². The zero-order chi connectivity index (χ0) is 13.1. The van der Waals surface area contributed by atoms with Gasteiger partial charge >= 0.3 is 5.97 Å². The SMILES string of the molecule is CC(C)=CCN[C@@H](CS)C(=O)O.c1c[nH]nn1. The zero-order valence-electron chi connectivity index (χ0n) is 9.92. The molecule has 6 nitrogen and oxygen atoms in total. The zero-order valence-corrected chi connectivity index (χ0v) is 10.8. The molecule has 1 aromatic heterocycles. The van der Waals surface area contributed by atoms with Crippen LogP contribution >= 0.6 is 12.6 Å². The summed E-state index contributed by atoms with van der Waals surface area (Å²) in [6.45, 7) is 4.52. The van der Waals surface area contributed by atoms with Crippen LogP contribution in [-0.4, -0.2) is 44.8 Å². The molecule has 0 bridgehead atoms. The number of allylic oxidation sites excluding steroid dienone is 1. The Bertz CT molecular complexity index is 306. The number of aliphatic carboxylic acids is 1. The number of carboxylic acids is 1. The summed E-state index contributed by atoms with van der Waals surface area (Å²) in [6.07, 6.45) is 5.18. The molecule has 0 unspecified atom stereocenters. The molecule has 96 valence electrons. The number of hydrogen-bond donors (Lipinski definition) is 4. The van der Waals surface area contributed by atoms with Crippen LogP contribution in [0.1, 0.15) is 13.8 Å². The van der Waals surface area contributed by atoms with E-state index in [1.807, 2.05) is 19.9 Å². The van der Waals surface area contributed by atoms with Crippen LogP contribution in [0.4, 0.5) is 0 Å². The van der Waals surface area contributed by atoms with Crippen LogP contribution in [0, 0.1) is 0 Å². The average molecular weight is 258 g/mol. The van der Waals surface area contributed by atoms with Gasteiger partial charge < -0.3 is 10.4 Å². The van der Waals surface area contributed by atoms with Crippen LogP contribution in [0.2, 0.25) is 0 Å². The molecule has 0 radical (unpaired) electrons. The van der Waals surface area contributed by atoms with E-state index in [9.17, 15) is 4.79 Å². The third-order valence-electron chi connectivity index (χ3n) is 1.69. The van der Waals surface area contributed by atoms with E-state index in [1.54, 1.807) is 12.4 Å².